The molecule has 1 N–H and O–H groups in total. The Hall–Kier alpha value is -4.11. The van der Waals surface area contributed by atoms with Gasteiger partial charge in [-0.15, -0.1) is 34.9 Å². The fourth-order valence-corrected chi connectivity index (χ4v) is 4.34. The molecule has 0 aliphatic heterocycles. The number of rotatable bonds is 3. The standard InChI is InChI=1S/C23H18N.C12H11NO.Ir/c1-16-12-17(2)14-21(13-16)23-22-9-8-19(15-20(22)10-11-24-23)18-6-4-3-5-7-18;1-9-5-6-12(14)10(8-9)11-4-2-3-7-13-11;/h3-13,15H,1-2H3;2-8,14H,1H3;/q-1;;/i3D,4D,5D,6D,7D;;. The Kier molecular flexibility index (Phi) is 7.05. The molecule has 0 atom stereocenters. The molecule has 3 nitrogen and oxygen atoms in total. The molecule has 0 spiro atoms. The molecule has 0 amide bonds. The van der Waals surface area contributed by atoms with Gasteiger partial charge in [0.1, 0.15) is 5.75 Å². The van der Waals surface area contributed by atoms with Crippen molar-refractivity contribution in [2.75, 3.05) is 0 Å². The summed E-state index contributed by atoms with van der Waals surface area (Å²) in [5.74, 6) is 0.273. The molecule has 0 aliphatic rings. The fraction of sp³-hybridized carbons (Fsp3) is 0.0857. The first-order valence-corrected chi connectivity index (χ1v) is 12.2. The van der Waals surface area contributed by atoms with Gasteiger partial charge in [-0.05, 0) is 70.9 Å². The first kappa shape index (κ1) is 21.8. The minimum Gasteiger partial charge on any atom is -0.507 e. The molecule has 0 bridgehead atoms. The zero-order valence-electron chi connectivity index (χ0n) is 26.8. The van der Waals surface area contributed by atoms with Crippen LogP contribution >= 0.6 is 0 Å². The second-order valence-corrected chi connectivity index (χ2v) is 9.09. The van der Waals surface area contributed by atoms with E-state index < -0.39 is 0 Å². The fourth-order valence-electron chi connectivity index (χ4n) is 4.34. The van der Waals surface area contributed by atoms with Crippen molar-refractivity contribution in [2.24, 2.45) is 0 Å². The molecule has 0 saturated carbocycles. The second kappa shape index (κ2) is 12.6. The monoisotopic (exact) mass is 691 g/mol. The molecule has 6 aromatic rings. The largest absolute Gasteiger partial charge is 0.507 e. The molecule has 39 heavy (non-hydrogen) atoms. The van der Waals surface area contributed by atoms with Crippen molar-refractivity contribution < 1.29 is 32.1 Å². The number of phenolic OH excluding ortho intramolecular Hbond substituents is 1. The Bertz CT molecular complexity index is 1930. The molecule has 0 fully saturated rings. The van der Waals surface area contributed by atoms with Crippen molar-refractivity contribution in [3.05, 3.63) is 138 Å². The van der Waals surface area contributed by atoms with Crippen LogP contribution in [-0.4, -0.2) is 15.1 Å². The van der Waals surface area contributed by atoms with E-state index >= 15 is 0 Å². The van der Waals surface area contributed by atoms with Crippen LogP contribution < -0.4 is 0 Å². The summed E-state index contributed by atoms with van der Waals surface area (Å²) in [6.45, 7) is 6.02. The second-order valence-electron chi connectivity index (χ2n) is 9.09. The third-order valence-electron chi connectivity index (χ3n) is 6.05. The Labute approximate surface area is 250 Å². The van der Waals surface area contributed by atoms with Gasteiger partial charge in [0, 0.05) is 38.1 Å². The molecular weight excluding hydrogens is 657 g/mol. The number of phenols is 1. The summed E-state index contributed by atoms with van der Waals surface area (Å²) in [6.07, 6.45) is 3.44. The van der Waals surface area contributed by atoms with Crippen LogP contribution in [0.1, 0.15) is 23.5 Å². The van der Waals surface area contributed by atoms with Crippen LogP contribution in [0.2, 0.25) is 0 Å². The predicted octanol–water partition coefficient (Wildman–Crippen LogP) is 8.75. The smallest absolute Gasteiger partial charge is 0.124 e. The number of hydrogen-bond acceptors (Lipinski definition) is 3. The minimum absolute atomic E-state index is 0. The SMILES string of the molecule is Cc1ccc(O)c(-c2ccccn2)c1.[2H]c1c([2H])c([2H])c(-c2ccc3c(-c4[c-]c(C)cc(C)c4)nccc3c2)c([2H])c1[2H].[Ir]. The molecule has 2 aromatic heterocycles. The first-order valence-electron chi connectivity index (χ1n) is 14.7. The molecule has 0 aliphatic carbocycles. The van der Waals surface area contributed by atoms with Gasteiger partial charge in [-0.3, -0.25) is 4.98 Å². The molecule has 195 valence electrons. The van der Waals surface area contributed by atoms with Gasteiger partial charge in [0.05, 0.1) is 12.5 Å². The summed E-state index contributed by atoms with van der Waals surface area (Å²) in [5.41, 5.74) is 7.36. The van der Waals surface area contributed by atoms with Crippen molar-refractivity contribution in [3.8, 4) is 39.4 Å². The average molecular weight is 691 g/mol. The number of nitrogens with zero attached hydrogens (tertiary/aromatic N) is 2. The van der Waals surface area contributed by atoms with Crippen molar-refractivity contribution in [3.63, 3.8) is 0 Å². The quantitative estimate of drug-likeness (QED) is 0.189. The van der Waals surface area contributed by atoms with Gasteiger partial charge in [0.15, 0.2) is 0 Å². The van der Waals surface area contributed by atoms with Gasteiger partial charge >= 0.3 is 0 Å². The summed E-state index contributed by atoms with van der Waals surface area (Å²) in [4.78, 5) is 8.74. The van der Waals surface area contributed by atoms with E-state index in [2.05, 4.69) is 22.1 Å². The van der Waals surface area contributed by atoms with Crippen LogP contribution in [0.15, 0.2) is 115 Å². The first-order chi connectivity index (χ1) is 20.5. The number of aromatic hydroxyl groups is 1. The van der Waals surface area contributed by atoms with Crippen molar-refractivity contribution in [1.29, 1.82) is 0 Å². The van der Waals surface area contributed by atoms with Crippen LogP contribution in [0.4, 0.5) is 0 Å². The Balaban J connectivity index is 0.000000248. The van der Waals surface area contributed by atoms with E-state index in [0.29, 0.717) is 5.56 Å². The topological polar surface area (TPSA) is 46.0 Å². The number of aryl methyl sites for hydroxylation is 3. The molecule has 1 radical (unpaired) electrons. The van der Waals surface area contributed by atoms with E-state index in [1.54, 1.807) is 24.5 Å². The van der Waals surface area contributed by atoms with E-state index in [1.165, 1.54) is 0 Å². The maximum Gasteiger partial charge on any atom is 0.124 e. The number of benzene rings is 4. The maximum atomic E-state index is 9.65. The van der Waals surface area contributed by atoms with E-state index in [-0.39, 0.29) is 61.6 Å². The van der Waals surface area contributed by atoms with E-state index in [4.69, 9.17) is 6.85 Å². The number of pyridine rings is 2. The van der Waals surface area contributed by atoms with Gasteiger partial charge in [-0.2, -0.15) is 0 Å². The van der Waals surface area contributed by atoms with Gasteiger partial charge in [-0.1, -0.05) is 73.9 Å². The van der Waals surface area contributed by atoms with E-state index in [1.807, 2.05) is 75.4 Å². The van der Waals surface area contributed by atoms with Crippen LogP contribution in [0, 0.1) is 26.8 Å². The summed E-state index contributed by atoms with van der Waals surface area (Å²) in [5, 5.41) is 11.5. The molecule has 0 saturated heterocycles. The van der Waals surface area contributed by atoms with Gasteiger partial charge in [-0.25, -0.2) is 0 Å². The Morgan fingerprint density at radius 1 is 0.744 bits per heavy atom. The third-order valence-corrected chi connectivity index (χ3v) is 6.05. The van der Waals surface area contributed by atoms with Crippen LogP contribution in [-0.2, 0) is 20.1 Å². The summed E-state index contributed by atoms with van der Waals surface area (Å²) >= 11 is 0. The molecule has 4 aromatic carbocycles. The molecule has 4 heteroatoms. The average Bonchev–Trinajstić information content (AvgIpc) is 3.00. The molecular formula is C35H29IrN2O-. The zero-order valence-corrected chi connectivity index (χ0v) is 24.2. The van der Waals surface area contributed by atoms with Crippen molar-refractivity contribution in [1.82, 2.24) is 9.97 Å². The normalized spacial score (nSPS) is 12.1. The van der Waals surface area contributed by atoms with Gasteiger partial charge in [0.2, 0.25) is 0 Å². The van der Waals surface area contributed by atoms with Gasteiger partial charge in [0.25, 0.3) is 0 Å². The number of aromatic nitrogens is 2. The number of hydrogen-bond donors (Lipinski definition) is 1. The minimum atomic E-state index is -0.388. The molecule has 6 rings (SSSR count). The van der Waals surface area contributed by atoms with Crippen LogP contribution in [0.25, 0.3) is 44.4 Å². The molecule has 2 heterocycles. The van der Waals surface area contributed by atoms with Crippen molar-refractivity contribution in [2.45, 2.75) is 20.8 Å². The van der Waals surface area contributed by atoms with E-state index in [9.17, 15) is 5.11 Å². The summed E-state index contributed by atoms with van der Waals surface area (Å²) in [7, 11) is 0. The maximum absolute atomic E-state index is 9.65. The summed E-state index contributed by atoms with van der Waals surface area (Å²) in [6, 6.07) is 24.5. The predicted molar refractivity (Wildman–Crippen MR) is 157 cm³/mol. The third kappa shape index (κ3) is 6.67. The van der Waals surface area contributed by atoms with Crippen molar-refractivity contribution >= 4 is 10.8 Å². The van der Waals surface area contributed by atoms with Gasteiger partial charge < -0.3 is 10.1 Å². The number of fused-ring (bicyclic) bond motifs is 1. The van der Waals surface area contributed by atoms with Crippen LogP contribution in [0.5, 0.6) is 5.75 Å². The zero-order chi connectivity index (χ0) is 30.8. The Morgan fingerprint density at radius 3 is 2.31 bits per heavy atom. The van der Waals surface area contributed by atoms with Crippen LogP contribution in [0.3, 0.4) is 0 Å². The summed E-state index contributed by atoms with van der Waals surface area (Å²) < 4.78 is 40.0. The van der Waals surface area contributed by atoms with E-state index in [0.717, 1.165) is 50.0 Å². The molecule has 0 unspecified atom stereocenters. The Morgan fingerprint density at radius 2 is 1.56 bits per heavy atom.